The van der Waals surface area contributed by atoms with E-state index in [0.717, 1.165) is 24.1 Å². The van der Waals surface area contributed by atoms with Gasteiger partial charge in [0.1, 0.15) is 11.6 Å². The van der Waals surface area contributed by atoms with E-state index >= 15 is 0 Å². The summed E-state index contributed by atoms with van der Waals surface area (Å²) in [6.07, 6.45) is 1.17. The molecule has 0 radical (unpaired) electrons. The van der Waals surface area contributed by atoms with Crippen molar-refractivity contribution in [2.24, 2.45) is 5.92 Å². The summed E-state index contributed by atoms with van der Waals surface area (Å²) in [5.74, 6) is -0.0587. The second kappa shape index (κ2) is 8.73. The molecular formula is C21H22BrFN2O3. The van der Waals surface area contributed by atoms with Gasteiger partial charge in [-0.2, -0.15) is 0 Å². The zero-order valence-corrected chi connectivity index (χ0v) is 17.3. The van der Waals surface area contributed by atoms with Crippen LogP contribution >= 0.6 is 15.9 Å². The van der Waals surface area contributed by atoms with Crippen LogP contribution in [0.1, 0.15) is 38.3 Å². The van der Waals surface area contributed by atoms with E-state index in [0.29, 0.717) is 10.2 Å². The summed E-state index contributed by atoms with van der Waals surface area (Å²) in [4.78, 5) is 24.2. The SMILES string of the molecule is CC(Oc1ccc(F)cc1Br)C(=O)NC(C)c1ccc(NC(=O)C2CC2)cc1. The lowest BCUT2D eigenvalue weighted by atomic mass is 10.1. The van der Waals surface area contributed by atoms with E-state index in [1.807, 2.05) is 31.2 Å². The monoisotopic (exact) mass is 448 g/mol. The third kappa shape index (κ3) is 5.32. The third-order valence-electron chi connectivity index (χ3n) is 4.55. The maximum absolute atomic E-state index is 13.2. The van der Waals surface area contributed by atoms with E-state index < -0.39 is 6.10 Å². The van der Waals surface area contributed by atoms with Crippen molar-refractivity contribution in [2.45, 2.75) is 38.8 Å². The number of halogens is 2. The molecule has 0 heterocycles. The van der Waals surface area contributed by atoms with Crippen molar-refractivity contribution in [1.82, 2.24) is 5.32 Å². The second-order valence-corrected chi connectivity index (χ2v) is 7.80. The topological polar surface area (TPSA) is 67.4 Å². The standard InChI is InChI=1S/C21H22BrFN2O3/c1-12(14-5-8-17(9-6-14)25-21(27)15-3-4-15)24-20(26)13(2)28-19-10-7-16(23)11-18(19)22/h5-13,15H,3-4H2,1-2H3,(H,24,26)(H,25,27). The summed E-state index contributed by atoms with van der Waals surface area (Å²) in [5, 5.41) is 5.78. The van der Waals surface area contributed by atoms with Gasteiger partial charge in [-0.25, -0.2) is 4.39 Å². The number of amides is 2. The summed E-state index contributed by atoms with van der Waals surface area (Å²) in [6.45, 7) is 3.50. The molecule has 1 saturated carbocycles. The highest BCUT2D eigenvalue weighted by atomic mass is 79.9. The summed E-state index contributed by atoms with van der Waals surface area (Å²) in [6, 6.07) is 11.2. The number of hydrogen-bond donors (Lipinski definition) is 2. The molecule has 0 saturated heterocycles. The van der Waals surface area contributed by atoms with Crippen molar-refractivity contribution in [3.63, 3.8) is 0 Å². The Morgan fingerprint density at radius 1 is 1.14 bits per heavy atom. The minimum atomic E-state index is -0.749. The number of anilines is 1. The van der Waals surface area contributed by atoms with Gasteiger partial charge in [0.05, 0.1) is 10.5 Å². The van der Waals surface area contributed by atoms with Crippen LogP contribution in [0.4, 0.5) is 10.1 Å². The van der Waals surface area contributed by atoms with E-state index in [4.69, 9.17) is 4.74 Å². The van der Waals surface area contributed by atoms with Crippen molar-refractivity contribution < 1.29 is 18.7 Å². The molecule has 5 nitrogen and oxygen atoms in total. The number of ether oxygens (including phenoxy) is 1. The molecule has 2 unspecified atom stereocenters. The first-order valence-corrected chi connectivity index (χ1v) is 9.95. The van der Waals surface area contributed by atoms with Gasteiger partial charge in [-0.05, 0) is 78.5 Å². The van der Waals surface area contributed by atoms with Gasteiger partial charge in [0.2, 0.25) is 5.91 Å². The largest absolute Gasteiger partial charge is 0.480 e. The van der Waals surface area contributed by atoms with Crippen LogP contribution in [0, 0.1) is 11.7 Å². The first kappa shape index (κ1) is 20.3. The Balaban J connectivity index is 1.54. The van der Waals surface area contributed by atoms with Crippen molar-refractivity contribution in [2.75, 3.05) is 5.32 Å². The Morgan fingerprint density at radius 2 is 1.82 bits per heavy atom. The Morgan fingerprint density at radius 3 is 2.43 bits per heavy atom. The highest BCUT2D eigenvalue weighted by Gasteiger charge is 2.29. The molecule has 2 aromatic carbocycles. The highest BCUT2D eigenvalue weighted by molar-refractivity contribution is 9.10. The van der Waals surface area contributed by atoms with E-state index in [2.05, 4.69) is 26.6 Å². The van der Waals surface area contributed by atoms with Gasteiger partial charge >= 0.3 is 0 Å². The Hall–Kier alpha value is -2.41. The summed E-state index contributed by atoms with van der Waals surface area (Å²) >= 11 is 3.22. The van der Waals surface area contributed by atoms with Gasteiger partial charge in [-0.3, -0.25) is 9.59 Å². The highest BCUT2D eigenvalue weighted by Crippen LogP contribution is 2.30. The Kier molecular flexibility index (Phi) is 6.34. The fourth-order valence-corrected chi connectivity index (χ4v) is 3.12. The van der Waals surface area contributed by atoms with Crippen LogP contribution < -0.4 is 15.4 Å². The smallest absolute Gasteiger partial charge is 0.261 e. The van der Waals surface area contributed by atoms with Crippen LogP contribution in [0.5, 0.6) is 5.75 Å². The van der Waals surface area contributed by atoms with Crippen LogP contribution in [0.15, 0.2) is 46.9 Å². The van der Waals surface area contributed by atoms with Gasteiger partial charge in [0, 0.05) is 11.6 Å². The Bertz CT molecular complexity index is 868. The van der Waals surface area contributed by atoms with Crippen molar-refractivity contribution in [3.05, 3.63) is 58.3 Å². The fourth-order valence-electron chi connectivity index (χ4n) is 2.67. The molecule has 1 aliphatic carbocycles. The first-order chi connectivity index (χ1) is 13.3. The number of rotatable bonds is 7. The molecule has 2 atom stereocenters. The zero-order chi connectivity index (χ0) is 20.3. The van der Waals surface area contributed by atoms with E-state index in [1.54, 1.807) is 6.92 Å². The van der Waals surface area contributed by atoms with Gasteiger partial charge in [-0.15, -0.1) is 0 Å². The number of hydrogen-bond acceptors (Lipinski definition) is 3. The van der Waals surface area contributed by atoms with Gasteiger partial charge in [0.25, 0.3) is 5.91 Å². The maximum Gasteiger partial charge on any atom is 0.261 e. The van der Waals surface area contributed by atoms with Crippen LogP contribution in [-0.4, -0.2) is 17.9 Å². The molecule has 0 bridgehead atoms. The van der Waals surface area contributed by atoms with Gasteiger partial charge in [0.15, 0.2) is 6.10 Å². The Labute approximate surface area is 171 Å². The lowest BCUT2D eigenvalue weighted by Crippen LogP contribution is -2.37. The average Bonchev–Trinajstić information content (AvgIpc) is 3.49. The summed E-state index contributed by atoms with van der Waals surface area (Å²) < 4.78 is 19.2. The number of nitrogens with one attached hydrogen (secondary N) is 2. The molecular weight excluding hydrogens is 427 g/mol. The predicted molar refractivity (Wildman–Crippen MR) is 109 cm³/mol. The van der Waals surface area contributed by atoms with Gasteiger partial charge in [-0.1, -0.05) is 12.1 Å². The first-order valence-electron chi connectivity index (χ1n) is 9.16. The molecule has 2 N–H and O–H groups in total. The molecule has 7 heteroatoms. The number of carbonyl (C=O) groups excluding carboxylic acids is 2. The van der Waals surface area contributed by atoms with E-state index in [1.165, 1.54) is 18.2 Å². The van der Waals surface area contributed by atoms with Crippen LogP contribution in [0.2, 0.25) is 0 Å². The van der Waals surface area contributed by atoms with Crippen LogP contribution in [-0.2, 0) is 9.59 Å². The minimum Gasteiger partial charge on any atom is -0.480 e. The average molecular weight is 449 g/mol. The second-order valence-electron chi connectivity index (χ2n) is 6.95. The maximum atomic E-state index is 13.2. The molecule has 28 heavy (non-hydrogen) atoms. The van der Waals surface area contributed by atoms with Gasteiger partial charge < -0.3 is 15.4 Å². The number of carbonyl (C=O) groups is 2. The molecule has 148 valence electrons. The zero-order valence-electron chi connectivity index (χ0n) is 15.7. The summed E-state index contributed by atoms with van der Waals surface area (Å²) in [5.41, 5.74) is 1.66. The lowest BCUT2D eigenvalue weighted by molar-refractivity contribution is -0.128. The molecule has 0 aliphatic heterocycles. The molecule has 2 aromatic rings. The fraction of sp³-hybridized carbons (Fsp3) is 0.333. The van der Waals surface area contributed by atoms with Crippen molar-refractivity contribution in [1.29, 1.82) is 0 Å². The summed E-state index contributed by atoms with van der Waals surface area (Å²) in [7, 11) is 0. The molecule has 1 fully saturated rings. The van der Waals surface area contributed by atoms with E-state index in [-0.39, 0.29) is 29.6 Å². The number of benzene rings is 2. The molecule has 1 aliphatic rings. The normalized spacial score (nSPS) is 15.4. The van der Waals surface area contributed by atoms with Crippen molar-refractivity contribution in [3.8, 4) is 5.75 Å². The molecule has 3 rings (SSSR count). The minimum absolute atomic E-state index is 0.0621. The van der Waals surface area contributed by atoms with Crippen molar-refractivity contribution >= 4 is 33.4 Å². The lowest BCUT2D eigenvalue weighted by Gasteiger charge is -2.20. The van der Waals surface area contributed by atoms with Crippen LogP contribution in [0.25, 0.3) is 0 Å². The predicted octanol–water partition coefficient (Wildman–Crippen LogP) is 4.58. The third-order valence-corrected chi connectivity index (χ3v) is 5.17. The van der Waals surface area contributed by atoms with Crippen LogP contribution in [0.3, 0.4) is 0 Å². The molecule has 0 spiro atoms. The quantitative estimate of drug-likeness (QED) is 0.651. The van der Waals surface area contributed by atoms with E-state index in [9.17, 15) is 14.0 Å². The molecule has 2 amide bonds. The molecule has 0 aromatic heterocycles.